The van der Waals surface area contributed by atoms with Gasteiger partial charge in [0.1, 0.15) is 11.9 Å². The van der Waals surface area contributed by atoms with Gasteiger partial charge >= 0.3 is 0 Å². The van der Waals surface area contributed by atoms with Crippen LogP contribution < -0.4 is 10.1 Å². The summed E-state index contributed by atoms with van der Waals surface area (Å²) >= 11 is 6.02. The summed E-state index contributed by atoms with van der Waals surface area (Å²) < 4.78 is 5.96. The molecular formula is C18H20ClNO. The van der Waals surface area contributed by atoms with E-state index in [1.54, 1.807) is 0 Å². The first kappa shape index (κ1) is 14.4. The van der Waals surface area contributed by atoms with E-state index in [2.05, 4.69) is 43.4 Å². The molecule has 2 nitrogen and oxygen atoms in total. The third-order valence-electron chi connectivity index (χ3n) is 4.07. The van der Waals surface area contributed by atoms with Crippen LogP contribution in [0.5, 0.6) is 5.75 Å². The van der Waals surface area contributed by atoms with Gasteiger partial charge in [0, 0.05) is 24.0 Å². The van der Waals surface area contributed by atoms with Crippen LogP contribution in [0.3, 0.4) is 0 Å². The minimum atomic E-state index is 0.185. The monoisotopic (exact) mass is 301 g/mol. The van der Waals surface area contributed by atoms with Gasteiger partial charge in [0.05, 0.1) is 0 Å². The molecule has 3 heteroatoms. The zero-order chi connectivity index (χ0) is 14.8. The quantitative estimate of drug-likeness (QED) is 0.909. The molecule has 1 N–H and O–H groups in total. The van der Waals surface area contributed by atoms with Crippen LogP contribution in [0.2, 0.25) is 5.02 Å². The molecule has 1 aliphatic heterocycles. The Hall–Kier alpha value is -1.51. The molecular weight excluding hydrogens is 282 g/mol. The second-order valence-electron chi connectivity index (χ2n) is 5.68. The summed E-state index contributed by atoms with van der Waals surface area (Å²) in [6.07, 6.45) is 1.11. The lowest BCUT2D eigenvalue weighted by atomic mass is 10.0. The molecule has 2 atom stereocenters. The molecule has 0 saturated heterocycles. The lowest BCUT2D eigenvalue weighted by Crippen LogP contribution is -2.32. The average Bonchev–Trinajstić information content (AvgIpc) is 2.87. The lowest BCUT2D eigenvalue weighted by Gasteiger charge is -2.19. The molecule has 0 saturated carbocycles. The number of halogens is 1. The van der Waals surface area contributed by atoms with Gasteiger partial charge in [-0.2, -0.15) is 0 Å². The van der Waals surface area contributed by atoms with Crippen molar-refractivity contribution < 1.29 is 4.74 Å². The van der Waals surface area contributed by atoms with Crippen LogP contribution in [0.15, 0.2) is 42.5 Å². The highest BCUT2D eigenvalue weighted by Crippen LogP contribution is 2.31. The molecule has 0 aliphatic carbocycles. The second-order valence-corrected chi connectivity index (χ2v) is 6.12. The van der Waals surface area contributed by atoms with Crippen LogP contribution in [0, 0.1) is 6.92 Å². The van der Waals surface area contributed by atoms with Crippen molar-refractivity contribution in [1.29, 1.82) is 0 Å². The van der Waals surface area contributed by atoms with E-state index in [1.807, 2.05) is 18.2 Å². The summed E-state index contributed by atoms with van der Waals surface area (Å²) in [6, 6.07) is 14.7. The van der Waals surface area contributed by atoms with Gasteiger partial charge in [-0.25, -0.2) is 0 Å². The predicted octanol–water partition coefficient (Wildman–Crippen LogP) is 4.30. The normalized spacial score (nSPS) is 18.1. The summed E-state index contributed by atoms with van der Waals surface area (Å²) in [4.78, 5) is 0. The number of fused-ring (bicyclic) bond motifs is 1. The molecule has 2 aromatic rings. The summed E-state index contributed by atoms with van der Waals surface area (Å²) in [6.45, 7) is 5.18. The number of nitrogens with one attached hydrogen (secondary N) is 1. The third-order valence-corrected chi connectivity index (χ3v) is 4.31. The molecule has 3 rings (SSSR count). The fraction of sp³-hybridized carbons (Fsp3) is 0.333. The Morgan fingerprint density at radius 2 is 2.10 bits per heavy atom. The number of hydrogen-bond donors (Lipinski definition) is 1. The molecule has 0 spiro atoms. The molecule has 1 heterocycles. The first-order valence-corrected chi connectivity index (χ1v) is 7.75. The molecule has 0 fully saturated rings. The van der Waals surface area contributed by atoms with E-state index in [0.717, 1.165) is 23.7 Å². The van der Waals surface area contributed by atoms with Gasteiger partial charge in [-0.15, -0.1) is 0 Å². The maximum absolute atomic E-state index is 6.02. The van der Waals surface area contributed by atoms with Crippen LogP contribution in [0.1, 0.15) is 29.7 Å². The molecule has 21 heavy (non-hydrogen) atoms. The van der Waals surface area contributed by atoms with Gasteiger partial charge < -0.3 is 10.1 Å². The largest absolute Gasteiger partial charge is 0.488 e. The number of aryl methyl sites for hydroxylation is 1. The predicted molar refractivity (Wildman–Crippen MR) is 87.2 cm³/mol. The topological polar surface area (TPSA) is 21.3 Å². The zero-order valence-electron chi connectivity index (χ0n) is 12.4. The van der Waals surface area contributed by atoms with Crippen molar-refractivity contribution in [1.82, 2.24) is 5.32 Å². The van der Waals surface area contributed by atoms with Crippen molar-refractivity contribution >= 4 is 11.6 Å². The molecule has 2 unspecified atom stereocenters. The highest BCUT2D eigenvalue weighted by atomic mass is 35.5. The number of hydrogen-bond acceptors (Lipinski definition) is 2. The SMILES string of the molecule is Cc1ccccc1C(C)NCC1Cc2cc(Cl)ccc2O1. The van der Waals surface area contributed by atoms with Crippen molar-refractivity contribution in [2.45, 2.75) is 32.4 Å². The van der Waals surface area contributed by atoms with Crippen LogP contribution in [0.4, 0.5) is 0 Å². The minimum Gasteiger partial charge on any atom is -0.488 e. The first-order valence-electron chi connectivity index (χ1n) is 7.37. The Bertz CT molecular complexity index is 641. The van der Waals surface area contributed by atoms with Gasteiger partial charge in [-0.3, -0.25) is 0 Å². The van der Waals surface area contributed by atoms with E-state index in [1.165, 1.54) is 16.7 Å². The Kier molecular flexibility index (Phi) is 4.18. The summed E-state index contributed by atoms with van der Waals surface area (Å²) in [7, 11) is 0. The highest BCUT2D eigenvalue weighted by molar-refractivity contribution is 6.30. The maximum Gasteiger partial charge on any atom is 0.123 e. The Labute approximate surface area is 131 Å². The Balaban J connectivity index is 1.59. The van der Waals surface area contributed by atoms with Crippen molar-refractivity contribution in [2.24, 2.45) is 0 Å². The second kappa shape index (κ2) is 6.08. The van der Waals surface area contributed by atoms with E-state index in [0.29, 0.717) is 6.04 Å². The molecule has 0 radical (unpaired) electrons. The summed E-state index contributed by atoms with van der Waals surface area (Å²) in [5.41, 5.74) is 3.87. The number of benzene rings is 2. The van der Waals surface area contributed by atoms with Gasteiger partial charge in [-0.1, -0.05) is 35.9 Å². The molecule has 2 aromatic carbocycles. The highest BCUT2D eigenvalue weighted by Gasteiger charge is 2.23. The Morgan fingerprint density at radius 1 is 1.29 bits per heavy atom. The fourth-order valence-corrected chi connectivity index (χ4v) is 3.09. The lowest BCUT2D eigenvalue weighted by molar-refractivity contribution is 0.222. The molecule has 110 valence electrons. The number of ether oxygens (including phenoxy) is 1. The van der Waals surface area contributed by atoms with E-state index in [4.69, 9.17) is 16.3 Å². The van der Waals surface area contributed by atoms with E-state index < -0.39 is 0 Å². The van der Waals surface area contributed by atoms with Gasteiger partial charge in [0.15, 0.2) is 0 Å². The molecule has 0 amide bonds. The fourth-order valence-electron chi connectivity index (χ4n) is 2.89. The van der Waals surface area contributed by atoms with E-state index in [9.17, 15) is 0 Å². The van der Waals surface area contributed by atoms with Crippen molar-refractivity contribution in [3.8, 4) is 5.75 Å². The number of rotatable bonds is 4. The van der Waals surface area contributed by atoms with Crippen molar-refractivity contribution in [3.05, 3.63) is 64.2 Å². The van der Waals surface area contributed by atoms with Crippen LogP contribution in [-0.2, 0) is 6.42 Å². The van der Waals surface area contributed by atoms with Crippen molar-refractivity contribution in [2.75, 3.05) is 6.54 Å². The minimum absolute atomic E-state index is 0.185. The van der Waals surface area contributed by atoms with Gasteiger partial charge in [0.25, 0.3) is 0 Å². The summed E-state index contributed by atoms with van der Waals surface area (Å²) in [5, 5.41) is 4.35. The summed E-state index contributed by atoms with van der Waals surface area (Å²) in [5.74, 6) is 0.967. The average molecular weight is 302 g/mol. The zero-order valence-corrected chi connectivity index (χ0v) is 13.2. The van der Waals surface area contributed by atoms with Crippen LogP contribution in [-0.4, -0.2) is 12.6 Å². The third kappa shape index (κ3) is 3.22. The Morgan fingerprint density at radius 3 is 2.90 bits per heavy atom. The molecule has 0 bridgehead atoms. The molecule has 0 aromatic heterocycles. The first-order chi connectivity index (χ1) is 10.1. The van der Waals surface area contributed by atoms with Crippen LogP contribution >= 0.6 is 11.6 Å². The maximum atomic E-state index is 6.02. The van der Waals surface area contributed by atoms with E-state index >= 15 is 0 Å². The standard InChI is InChI=1S/C18H20ClNO/c1-12-5-3-4-6-17(12)13(2)20-11-16-10-14-9-15(19)7-8-18(14)21-16/h3-9,13,16,20H,10-11H2,1-2H3. The van der Waals surface area contributed by atoms with E-state index in [-0.39, 0.29) is 6.10 Å². The molecule has 1 aliphatic rings. The van der Waals surface area contributed by atoms with Crippen LogP contribution in [0.25, 0.3) is 0 Å². The van der Waals surface area contributed by atoms with Gasteiger partial charge in [-0.05, 0) is 48.7 Å². The van der Waals surface area contributed by atoms with Crippen molar-refractivity contribution in [3.63, 3.8) is 0 Å². The van der Waals surface area contributed by atoms with Gasteiger partial charge in [0.2, 0.25) is 0 Å². The smallest absolute Gasteiger partial charge is 0.123 e.